The van der Waals surface area contributed by atoms with Gasteiger partial charge in [-0.2, -0.15) is 13.2 Å². The van der Waals surface area contributed by atoms with Crippen LogP contribution in [0.15, 0.2) is 0 Å². The van der Waals surface area contributed by atoms with Gasteiger partial charge in [0.15, 0.2) is 0 Å². The van der Waals surface area contributed by atoms with E-state index in [2.05, 4.69) is 0 Å². The summed E-state index contributed by atoms with van der Waals surface area (Å²) in [4.78, 5) is 1.81. The number of halogens is 3. The van der Waals surface area contributed by atoms with Crippen molar-refractivity contribution in [1.29, 1.82) is 0 Å². The molecule has 1 saturated heterocycles. The minimum Gasteiger partial charge on any atom is -0.303 e. The molecule has 0 N–H and O–H groups in total. The molecule has 0 unspecified atom stereocenters. The van der Waals surface area contributed by atoms with Crippen molar-refractivity contribution in [1.82, 2.24) is 4.90 Å². The van der Waals surface area contributed by atoms with Gasteiger partial charge >= 0.3 is 6.18 Å². The first-order chi connectivity index (χ1) is 5.08. The molecule has 0 aliphatic carbocycles. The van der Waals surface area contributed by atoms with Gasteiger partial charge in [0, 0.05) is 6.54 Å². The molecule has 1 nitrogen and oxygen atoms in total. The number of hydrogen-bond acceptors (Lipinski definition) is 1. The quantitative estimate of drug-likeness (QED) is 0.605. The molecule has 11 heavy (non-hydrogen) atoms. The number of nitrogens with zero attached hydrogens (tertiary/aromatic N) is 1. The van der Waals surface area contributed by atoms with Gasteiger partial charge in [-0.25, -0.2) is 0 Å². The van der Waals surface area contributed by atoms with Crippen LogP contribution in [-0.4, -0.2) is 30.7 Å². The summed E-state index contributed by atoms with van der Waals surface area (Å²) >= 11 is 0. The topological polar surface area (TPSA) is 3.24 Å². The Morgan fingerprint density at radius 2 is 1.73 bits per heavy atom. The van der Waals surface area contributed by atoms with Crippen LogP contribution in [-0.2, 0) is 0 Å². The molecule has 0 bridgehead atoms. The molecular formula is C7H11F3N. The second-order valence-corrected chi connectivity index (χ2v) is 2.75. The van der Waals surface area contributed by atoms with Gasteiger partial charge in [-0.3, -0.25) is 0 Å². The third-order valence-corrected chi connectivity index (χ3v) is 1.78. The van der Waals surface area contributed by atoms with Crippen molar-refractivity contribution in [2.45, 2.75) is 19.0 Å². The van der Waals surface area contributed by atoms with Crippen molar-refractivity contribution >= 4 is 0 Å². The molecule has 4 heteroatoms. The molecule has 0 spiro atoms. The molecule has 1 heterocycles. The molecule has 1 aliphatic rings. The standard InChI is InChI=1S/C7H11F3N/c8-7(9,10)3-6-11-4-1-2-5-11/h3H,1-2,4-6H2. The summed E-state index contributed by atoms with van der Waals surface area (Å²) in [5.74, 6) is 0. The summed E-state index contributed by atoms with van der Waals surface area (Å²) < 4.78 is 34.9. The highest BCUT2D eigenvalue weighted by atomic mass is 19.4. The number of rotatable bonds is 2. The lowest BCUT2D eigenvalue weighted by molar-refractivity contribution is -0.0996. The molecule has 0 aromatic carbocycles. The minimum atomic E-state index is -4.11. The monoisotopic (exact) mass is 166 g/mol. The van der Waals surface area contributed by atoms with Crippen LogP contribution in [0.4, 0.5) is 13.2 Å². The highest BCUT2D eigenvalue weighted by Crippen LogP contribution is 2.19. The number of hydrogen-bond donors (Lipinski definition) is 0. The van der Waals surface area contributed by atoms with Gasteiger partial charge in [-0.15, -0.1) is 0 Å². The summed E-state index contributed by atoms with van der Waals surface area (Å²) in [5, 5.41) is 0. The summed E-state index contributed by atoms with van der Waals surface area (Å²) in [5.41, 5.74) is 0. The van der Waals surface area contributed by atoms with Crippen LogP contribution in [0.5, 0.6) is 0 Å². The lowest BCUT2D eigenvalue weighted by Gasteiger charge is -2.14. The fourth-order valence-electron chi connectivity index (χ4n) is 1.20. The van der Waals surface area contributed by atoms with Crippen LogP contribution in [0.2, 0.25) is 0 Å². The van der Waals surface area contributed by atoms with Gasteiger partial charge in [0.1, 0.15) is 0 Å². The largest absolute Gasteiger partial charge is 0.393 e. The number of alkyl halides is 3. The Morgan fingerprint density at radius 1 is 1.18 bits per heavy atom. The summed E-state index contributed by atoms with van der Waals surface area (Å²) in [6.45, 7) is 1.68. The van der Waals surface area contributed by atoms with E-state index >= 15 is 0 Å². The zero-order valence-electron chi connectivity index (χ0n) is 6.19. The van der Waals surface area contributed by atoms with E-state index in [4.69, 9.17) is 0 Å². The van der Waals surface area contributed by atoms with E-state index in [0.29, 0.717) is 6.42 Å². The van der Waals surface area contributed by atoms with E-state index in [1.165, 1.54) is 0 Å². The molecule has 0 saturated carbocycles. The summed E-state index contributed by atoms with van der Waals surface area (Å²) in [6.07, 6.45) is -1.63. The van der Waals surface area contributed by atoms with Gasteiger partial charge < -0.3 is 4.90 Å². The second kappa shape index (κ2) is 3.43. The highest BCUT2D eigenvalue weighted by Gasteiger charge is 2.28. The molecule has 0 aromatic rings. The average Bonchev–Trinajstić information content (AvgIpc) is 2.32. The van der Waals surface area contributed by atoms with E-state index in [1.807, 2.05) is 4.90 Å². The maximum atomic E-state index is 11.6. The van der Waals surface area contributed by atoms with Crippen LogP contribution in [0, 0.1) is 6.42 Å². The molecule has 1 radical (unpaired) electrons. The van der Waals surface area contributed by atoms with Crippen LogP contribution >= 0.6 is 0 Å². The Hall–Kier alpha value is -0.250. The van der Waals surface area contributed by atoms with Crippen molar-refractivity contribution in [2.24, 2.45) is 0 Å². The Labute approximate surface area is 64.2 Å². The van der Waals surface area contributed by atoms with Crippen molar-refractivity contribution in [3.63, 3.8) is 0 Å². The minimum absolute atomic E-state index is 0.0590. The Balaban J connectivity index is 2.11. The van der Waals surface area contributed by atoms with E-state index in [1.54, 1.807) is 0 Å². The predicted molar refractivity (Wildman–Crippen MR) is 36.0 cm³/mol. The molecule has 0 aromatic heterocycles. The van der Waals surface area contributed by atoms with Gasteiger partial charge in [0.05, 0.1) is 6.42 Å². The van der Waals surface area contributed by atoms with Gasteiger partial charge in [0.25, 0.3) is 0 Å². The first-order valence-electron chi connectivity index (χ1n) is 3.71. The van der Waals surface area contributed by atoms with Crippen molar-refractivity contribution in [2.75, 3.05) is 19.6 Å². The van der Waals surface area contributed by atoms with E-state index in [9.17, 15) is 13.2 Å². The highest BCUT2D eigenvalue weighted by molar-refractivity contribution is 4.80. The smallest absolute Gasteiger partial charge is 0.303 e. The molecule has 1 rings (SSSR count). The average molecular weight is 166 g/mol. The maximum absolute atomic E-state index is 11.6. The van der Waals surface area contributed by atoms with Crippen molar-refractivity contribution in [3.8, 4) is 0 Å². The van der Waals surface area contributed by atoms with Crippen LogP contribution in [0.25, 0.3) is 0 Å². The predicted octanol–water partition coefficient (Wildman–Crippen LogP) is 1.85. The SMILES string of the molecule is FC(F)(F)[CH]CN1CCCC1. The molecule has 1 fully saturated rings. The zero-order chi connectivity index (χ0) is 8.32. The van der Waals surface area contributed by atoms with E-state index in [-0.39, 0.29) is 6.54 Å². The third-order valence-electron chi connectivity index (χ3n) is 1.78. The molecular weight excluding hydrogens is 155 g/mol. The molecule has 0 atom stereocenters. The Kier molecular flexibility index (Phi) is 2.76. The number of likely N-dealkylation sites (tertiary alicyclic amines) is 1. The van der Waals surface area contributed by atoms with Crippen LogP contribution in [0.3, 0.4) is 0 Å². The van der Waals surface area contributed by atoms with Gasteiger partial charge in [-0.1, -0.05) is 0 Å². The third kappa shape index (κ3) is 3.60. The van der Waals surface area contributed by atoms with Crippen molar-refractivity contribution < 1.29 is 13.2 Å². The lowest BCUT2D eigenvalue weighted by Crippen LogP contribution is -2.25. The van der Waals surface area contributed by atoms with Gasteiger partial charge in [0.2, 0.25) is 0 Å². The Bertz CT molecular complexity index is 115. The molecule has 65 valence electrons. The lowest BCUT2D eigenvalue weighted by atomic mass is 10.4. The summed E-state index contributed by atoms with van der Waals surface area (Å²) in [7, 11) is 0. The molecule has 1 aliphatic heterocycles. The van der Waals surface area contributed by atoms with E-state index in [0.717, 1.165) is 25.9 Å². The second-order valence-electron chi connectivity index (χ2n) is 2.75. The first-order valence-corrected chi connectivity index (χ1v) is 3.71. The normalized spacial score (nSPS) is 21.0. The van der Waals surface area contributed by atoms with Crippen LogP contribution < -0.4 is 0 Å². The zero-order valence-corrected chi connectivity index (χ0v) is 6.19. The Morgan fingerprint density at radius 3 is 2.18 bits per heavy atom. The first kappa shape index (κ1) is 8.84. The van der Waals surface area contributed by atoms with E-state index < -0.39 is 6.18 Å². The fraction of sp³-hybridized carbons (Fsp3) is 0.857. The summed E-state index contributed by atoms with van der Waals surface area (Å²) in [6, 6.07) is 0. The maximum Gasteiger partial charge on any atom is 0.393 e. The molecule has 0 amide bonds. The van der Waals surface area contributed by atoms with Crippen molar-refractivity contribution in [3.05, 3.63) is 6.42 Å². The van der Waals surface area contributed by atoms with Gasteiger partial charge in [-0.05, 0) is 25.9 Å². The fourth-order valence-corrected chi connectivity index (χ4v) is 1.20. The van der Waals surface area contributed by atoms with Crippen LogP contribution in [0.1, 0.15) is 12.8 Å².